The second kappa shape index (κ2) is 11.3. The van der Waals surface area contributed by atoms with Gasteiger partial charge >= 0.3 is 0 Å². The molecule has 0 bridgehead atoms. The highest BCUT2D eigenvalue weighted by Gasteiger charge is 2.38. The van der Waals surface area contributed by atoms with Gasteiger partial charge in [0.05, 0.1) is 22.9 Å². The predicted molar refractivity (Wildman–Crippen MR) is 115 cm³/mol. The molecule has 0 amide bonds. The Balaban J connectivity index is 1.76. The molecule has 2 aromatic carbocycles. The summed E-state index contributed by atoms with van der Waals surface area (Å²) < 4.78 is 65.5. The van der Waals surface area contributed by atoms with Crippen LogP contribution in [0.5, 0.6) is 0 Å². The van der Waals surface area contributed by atoms with Gasteiger partial charge in [-0.2, -0.15) is 5.26 Å². The summed E-state index contributed by atoms with van der Waals surface area (Å²) in [5.74, 6) is -5.18. The lowest BCUT2D eigenvalue weighted by molar-refractivity contribution is -0.270. The monoisotopic (exact) mass is 519 g/mol. The van der Waals surface area contributed by atoms with Gasteiger partial charge in [-0.05, 0) is 24.3 Å². The van der Waals surface area contributed by atoms with Crippen LogP contribution in [0.1, 0.15) is 11.1 Å². The van der Waals surface area contributed by atoms with Crippen LogP contribution in [0.4, 0.5) is 17.6 Å². The number of aliphatic hydroxyl groups excluding tert-OH is 2. The van der Waals surface area contributed by atoms with Crippen molar-refractivity contribution in [1.82, 2.24) is 5.32 Å². The molecule has 1 aliphatic rings. The molecule has 0 aromatic heterocycles. The molecule has 2 aromatic rings. The van der Waals surface area contributed by atoms with E-state index < -0.39 is 53.8 Å². The van der Waals surface area contributed by atoms with Crippen molar-refractivity contribution in [3.05, 3.63) is 69.9 Å². The Kier molecular flexibility index (Phi) is 8.64. The van der Waals surface area contributed by atoms with Crippen LogP contribution >= 0.6 is 23.4 Å². The average molecular weight is 520 g/mol. The van der Waals surface area contributed by atoms with E-state index in [1.165, 1.54) is 12.3 Å². The van der Waals surface area contributed by atoms with Crippen molar-refractivity contribution >= 4 is 29.1 Å². The first-order chi connectivity index (χ1) is 16.1. The van der Waals surface area contributed by atoms with Gasteiger partial charge in [-0.1, -0.05) is 23.4 Å². The van der Waals surface area contributed by atoms with Crippen LogP contribution in [0.25, 0.3) is 5.70 Å². The number of aliphatic hydroxyl groups is 2. The fourth-order valence-corrected chi connectivity index (χ4v) is 4.35. The Morgan fingerprint density at radius 3 is 2.44 bits per heavy atom. The lowest BCUT2D eigenvalue weighted by atomic mass is 10.1. The fraction of sp³-hybridized carbons (Fsp3) is 0.286. The van der Waals surface area contributed by atoms with Crippen LogP contribution in [0.3, 0.4) is 0 Å². The number of thioether (sulfide) groups is 1. The molecule has 0 spiro atoms. The SMILES string of the molecule is N#Cc1cc(F)c(SC2OC(CO)C(O)OC2CN/C=C(\N)c2cc(F)c(F)c(F)c2)cc1Cl. The Labute approximate surface area is 200 Å². The molecular formula is C21H18ClF4N3O4S. The molecule has 1 saturated heterocycles. The number of nitriles is 1. The van der Waals surface area contributed by atoms with E-state index in [-0.39, 0.29) is 33.3 Å². The zero-order valence-electron chi connectivity index (χ0n) is 17.1. The number of ether oxygens (including phenoxy) is 2. The van der Waals surface area contributed by atoms with Crippen LogP contribution in [-0.2, 0) is 9.47 Å². The van der Waals surface area contributed by atoms with Gasteiger partial charge in [-0.25, -0.2) is 17.6 Å². The number of nitrogens with two attached hydrogens (primary N) is 1. The largest absolute Gasteiger partial charge is 0.397 e. The van der Waals surface area contributed by atoms with E-state index in [0.717, 1.165) is 30.0 Å². The average Bonchev–Trinajstić information content (AvgIpc) is 2.80. The number of hydrogen-bond acceptors (Lipinski definition) is 8. The van der Waals surface area contributed by atoms with Gasteiger partial charge in [0.2, 0.25) is 0 Å². The fourth-order valence-electron chi connectivity index (χ4n) is 2.96. The number of benzene rings is 2. The molecule has 0 saturated carbocycles. The Morgan fingerprint density at radius 2 is 1.82 bits per heavy atom. The molecule has 3 rings (SSSR count). The Bertz CT molecular complexity index is 1110. The number of halogens is 5. The smallest absolute Gasteiger partial charge is 0.194 e. The van der Waals surface area contributed by atoms with Gasteiger partial charge in [-0.3, -0.25) is 0 Å². The first kappa shape index (κ1) is 26.1. The summed E-state index contributed by atoms with van der Waals surface area (Å²) in [6.45, 7) is -0.658. The van der Waals surface area contributed by atoms with Crippen molar-refractivity contribution in [3.63, 3.8) is 0 Å². The van der Waals surface area contributed by atoms with Gasteiger partial charge in [0.15, 0.2) is 23.7 Å². The van der Waals surface area contributed by atoms with Crippen molar-refractivity contribution in [2.45, 2.75) is 28.8 Å². The van der Waals surface area contributed by atoms with Crippen molar-refractivity contribution in [2.24, 2.45) is 5.73 Å². The van der Waals surface area contributed by atoms with E-state index in [0.29, 0.717) is 0 Å². The third-order valence-electron chi connectivity index (χ3n) is 4.70. The van der Waals surface area contributed by atoms with Crippen molar-refractivity contribution in [3.8, 4) is 6.07 Å². The standard InChI is InChI=1S/C21H18ClF4N3O4S/c22-11-4-18(12(23)3-10(11)5-27)34-21-16(32-20(31)17(8-30)33-21)7-29-6-15(28)9-1-13(24)19(26)14(25)2-9/h1-4,6,16-17,20-21,29-31H,7-8,28H2/b15-6-. The molecule has 5 N–H and O–H groups in total. The van der Waals surface area contributed by atoms with Gasteiger partial charge < -0.3 is 30.7 Å². The molecule has 0 radical (unpaired) electrons. The van der Waals surface area contributed by atoms with Crippen molar-refractivity contribution in [1.29, 1.82) is 5.26 Å². The van der Waals surface area contributed by atoms with Crippen molar-refractivity contribution in [2.75, 3.05) is 13.2 Å². The van der Waals surface area contributed by atoms with Crippen LogP contribution in [-0.4, -0.2) is 47.3 Å². The van der Waals surface area contributed by atoms with Crippen LogP contribution in [0.2, 0.25) is 5.02 Å². The molecular weight excluding hydrogens is 502 g/mol. The summed E-state index contributed by atoms with van der Waals surface area (Å²) in [6.07, 6.45) is -2.36. The summed E-state index contributed by atoms with van der Waals surface area (Å²) in [5.41, 5.74) is 4.52. The van der Waals surface area contributed by atoms with Gasteiger partial charge in [0.25, 0.3) is 0 Å². The summed E-state index contributed by atoms with van der Waals surface area (Å²) in [4.78, 5) is 0.0306. The molecule has 34 heavy (non-hydrogen) atoms. The zero-order chi connectivity index (χ0) is 25.0. The van der Waals surface area contributed by atoms with Gasteiger partial charge in [0, 0.05) is 23.2 Å². The van der Waals surface area contributed by atoms with Crippen LogP contribution in [0.15, 0.2) is 35.4 Å². The second-order valence-corrected chi connectivity index (χ2v) is 8.59. The van der Waals surface area contributed by atoms with Gasteiger partial charge in [0.1, 0.15) is 29.5 Å². The van der Waals surface area contributed by atoms with Crippen LogP contribution < -0.4 is 11.1 Å². The molecule has 4 unspecified atom stereocenters. The first-order valence-electron chi connectivity index (χ1n) is 9.64. The Morgan fingerprint density at radius 1 is 1.15 bits per heavy atom. The number of nitrogens with zero attached hydrogens (tertiary/aromatic N) is 1. The van der Waals surface area contributed by atoms with E-state index >= 15 is 0 Å². The summed E-state index contributed by atoms with van der Waals surface area (Å²) in [6, 6.07) is 5.40. The van der Waals surface area contributed by atoms with Crippen molar-refractivity contribution < 1.29 is 37.2 Å². The zero-order valence-corrected chi connectivity index (χ0v) is 18.7. The van der Waals surface area contributed by atoms with E-state index in [1.807, 2.05) is 0 Å². The molecule has 4 atom stereocenters. The minimum absolute atomic E-state index is 0.0195. The summed E-state index contributed by atoms with van der Waals surface area (Å²) in [7, 11) is 0. The molecule has 1 heterocycles. The highest BCUT2D eigenvalue weighted by molar-refractivity contribution is 7.99. The third-order valence-corrected chi connectivity index (χ3v) is 6.23. The maximum absolute atomic E-state index is 14.4. The minimum atomic E-state index is -1.63. The molecule has 1 fully saturated rings. The third kappa shape index (κ3) is 5.93. The minimum Gasteiger partial charge on any atom is -0.397 e. The van der Waals surface area contributed by atoms with E-state index in [2.05, 4.69) is 5.32 Å². The molecule has 7 nitrogen and oxygen atoms in total. The predicted octanol–water partition coefficient (Wildman–Crippen LogP) is 2.83. The number of rotatable bonds is 7. The van der Waals surface area contributed by atoms with E-state index in [4.69, 9.17) is 32.1 Å². The maximum atomic E-state index is 14.4. The second-order valence-electron chi connectivity index (χ2n) is 7.04. The first-order valence-corrected chi connectivity index (χ1v) is 10.9. The quantitative estimate of drug-likeness (QED) is 0.325. The normalized spacial score (nSPS) is 22.9. The summed E-state index contributed by atoms with van der Waals surface area (Å²) in [5, 5.41) is 31.2. The highest BCUT2D eigenvalue weighted by Crippen LogP contribution is 2.36. The molecule has 1 aliphatic heterocycles. The van der Waals surface area contributed by atoms with Gasteiger partial charge in [-0.15, -0.1) is 0 Å². The summed E-state index contributed by atoms with van der Waals surface area (Å²) >= 11 is 6.82. The number of hydrogen-bond donors (Lipinski definition) is 4. The van der Waals surface area contributed by atoms with Crippen LogP contribution in [0, 0.1) is 34.6 Å². The molecule has 13 heteroatoms. The maximum Gasteiger partial charge on any atom is 0.194 e. The topological polar surface area (TPSA) is 121 Å². The molecule has 182 valence electrons. The lowest BCUT2D eigenvalue weighted by Crippen LogP contribution is -2.52. The number of nitrogens with one attached hydrogen (secondary N) is 1. The Hall–Kier alpha value is -2.53. The lowest BCUT2D eigenvalue weighted by Gasteiger charge is -2.38. The molecule has 0 aliphatic carbocycles. The van der Waals surface area contributed by atoms with E-state index in [9.17, 15) is 27.8 Å². The van der Waals surface area contributed by atoms with E-state index in [1.54, 1.807) is 6.07 Å². The highest BCUT2D eigenvalue weighted by atomic mass is 35.5.